The summed E-state index contributed by atoms with van der Waals surface area (Å²) in [7, 11) is 0. The zero-order valence-electron chi connectivity index (χ0n) is 16.2. The summed E-state index contributed by atoms with van der Waals surface area (Å²) in [4.78, 5) is 33.9. The predicted molar refractivity (Wildman–Crippen MR) is 110 cm³/mol. The maximum atomic E-state index is 12.9. The van der Waals surface area contributed by atoms with Gasteiger partial charge in [0, 0.05) is 17.1 Å². The van der Waals surface area contributed by atoms with Crippen molar-refractivity contribution in [2.75, 3.05) is 43.5 Å². The second-order valence-electron chi connectivity index (χ2n) is 7.02. The molecule has 0 aliphatic carbocycles. The predicted octanol–water partition coefficient (Wildman–Crippen LogP) is 2.14. The van der Waals surface area contributed by atoms with Crippen molar-refractivity contribution in [2.24, 2.45) is 0 Å². The third-order valence-electron chi connectivity index (χ3n) is 4.91. The van der Waals surface area contributed by atoms with Crippen molar-refractivity contribution in [3.8, 4) is 5.75 Å². The molecule has 1 aromatic carbocycles. The molecule has 8 heteroatoms. The number of amides is 2. The zero-order valence-corrected chi connectivity index (χ0v) is 17.1. The van der Waals surface area contributed by atoms with Crippen LogP contribution < -0.4 is 9.64 Å². The van der Waals surface area contributed by atoms with Crippen molar-refractivity contribution in [1.29, 1.82) is 0 Å². The number of para-hydroxylation sites is 1. The van der Waals surface area contributed by atoms with E-state index in [4.69, 9.17) is 9.47 Å². The molecule has 2 amide bonds. The van der Waals surface area contributed by atoms with Gasteiger partial charge >= 0.3 is 0 Å². The summed E-state index contributed by atoms with van der Waals surface area (Å²) in [5, 5.41) is 0. The Kier molecular flexibility index (Phi) is 6.01. The van der Waals surface area contributed by atoms with Crippen molar-refractivity contribution in [3.63, 3.8) is 0 Å². The average molecular weight is 413 g/mol. The summed E-state index contributed by atoms with van der Waals surface area (Å²) < 4.78 is 11.5. The number of aromatic nitrogens is 1. The Labute approximate surface area is 174 Å². The van der Waals surface area contributed by atoms with Crippen LogP contribution in [0.3, 0.4) is 0 Å². The van der Waals surface area contributed by atoms with E-state index in [0.29, 0.717) is 37.8 Å². The number of benzene rings is 1. The number of morpholine rings is 1. The third kappa shape index (κ3) is 4.71. The van der Waals surface area contributed by atoms with E-state index in [-0.39, 0.29) is 24.5 Å². The molecular weight excluding hydrogens is 390 g/mol. The topological polar surface area (TPSA) is 72.0 Å². The Morgan fingerprint density at radius 3 is 3.00 bits per heavy atom. The van der Waals surface area contributed by atoms with Crippen LogP contribution in [0.5, 0.6) is 5.75 Å². The molecule has 0 bridgehead atoms. The van der Waals surface area contributed by atoms with Gasteiger partial charge in [0.15, 0.2) is 0 Å². The Balaban J connectivity index is 1.35. The number of carbonyl (C=O) groups excluding carboxylic acids is 2. The number of hydrogen-bond acceptors (Lipinski definition) is 6. The number of rotatable bonds is 5. The highest BCUT2D eigenvalue weighted by atomic mass is 32.2. The molecule has 0 N–H and O–H groups in total. The number of thioether (sulfide) groups is 1. The maximum Gasteiger partial charge on any atom is 0.242 e. The SMILES string of the molecule is Cc1ccc(OCC2CN(C(=O)CN3C(=O)CSc4ccccc43)CCO2)cn1. The molecule has 7 nitrogen and oxygen atoms in total. The first-order valence-corrected chi connectivity index (χ1v) is 10.6. The molecule has 29 heavy (non-hydrogen) atoms. The molecule has 0 saturated carbocycles. The first-order valence-electron chi connectivity index (χ1n) is 9.57. The number of hydrogen-bond donors (Lipinski definition) is 0. The summed E-state index contributed by atoms with van der Waals surface area (Å²) >= 11 is 1.51. The lowest BCUT2D eigenvalue weighted by Gasteiger charge is -2.35. The number of anilines is 1. The lowest BCUT2D eigenvalue weighted by Crippen LogP contribution is -2.51. The highest BCUT2D eigenvalue weighted by molar-refractivity contribution is 8.00. The van der Waals surface area contributed by atoms with E-state index < -0.39 is 0 Å². The molecule has 4 rings (SSSR count). The molecule has 2 aromatic rings. The number of pyridine rings is 1. The van der Waals surface area contributed by atoms with Crippen molar-refractivity contribution < 1.29 is 19.1 Å². The molecule has 2 aliphatic rings. The van der Waals surface area contributed by atoms with Gasteiger partial charge in [0.25, 0.3) is 0 Å². The van der Waals surface area contributed by atoms with Gasteiger partial charge in [0.05, 0.1) is 30.8 Å². The fraction of sp³-hybridized carbons (Fsp3) is 0.381. The summed E-state index contributed by atoms with van der Waals surface area (Å²) in [6, 6.07) is 11.4. The molecular formula is C21H23N3O4S. The quantitative estimate of drug-likeness (QED) is 0.748. The maximum absolute atomic E-state index is 12.9. The van der Waals surface area contributed by atoms with E-state index in [1.807, 2.05) is 43.3 Å². The second kappa shape index (κ2) is 8.84. The lowest BCUT2D eigenvalue weighted by atomic mass is 10.2. The van der Waals surface area contributed by atoms with Crippen LogP contribution in [-0.4, -0.2) is 66.4 Å². The Hall–Kier alpha value is -2.58. The molecule has 1 atom stereocenters. The molecule has 1 unspecified atom stereocenters. The summed E-state index contributed by atoms with van der Waals surface area (Å²) in [6.45, 7) is 3.72. The second-order valence-corrected chi connectivity index (χ2v) is 8.03. The van der Waals surface area contributed by atoms with Crippen LogP contribution in [0.2, 0.25) is 0 Å². The van der Waals surface area contributed by atoms with Crippen LogP contribution in [0.1, 0.15) is 5.69 Å². The van der Waals surface area contributed by atoms with Crippen LogP contribution in [0, 0.1) is 6.92 Å². The highest BCUT2D eigenvalue weighted by Crippen LogP contribution is 2.34. The lowest BCUT2D eigenvalue weighted by molar-refractivity contribution is -0.139. The van der Waals surface area contributed by atoms with E-state index in [1.54, 1.807) is 16.0 Å². The van der Waals surface area contributed by atoms with Crippen LogP contribution in [0.25, 0.3) is 0 Å². The van der Waals surface area contributed by atoms with Crippen LogP contribution in [0.4, 0.5) is 5.69 Å². The number of aryl methyl sites for hydroxylation is 1. The van der Waals surface area contributed by atoms with Gasteiger partial charge in [0.1, 0.15) is 25.0 Å². The number of fused-ring (bicyclic) bond motifs is 1. The summed E-state index contributed by atoms with van der Waals surface area (Å²) in [6.07, 6.45) is 1.47. The normalized spacial score (nSPS) is 19.1. The van der Waals surface area contributed by atoms with Gasteiger partial charge in [-0.1, -0.05) is 12.1 Å². The van der Waals surface area contributed by atoms with Crippen molar-refractivity contribution in [3.05, 3.63) is 48.3 Å². The zero-order chi connectivity index (χ0) is 20.2. The fourth-order valence-electron chi connectivity index (χ4n) is 3.34. The number of nitrogens with zero attached hydrogens (tertiary/aromatic N) is 3. The van der Waals surface area contributed by atoms with E-state index in [9.17, 15) is 9.59 Å². The van der Waals surface area contributed by atoms with Gasteiger partial charge in [-0.25, -0.2) is 0 Å². The monoisotopic (exact) mass is 413 g/mol. The molecule has 3 heterocycles. The molecule has 152 valence electrons. The van der Waals surface area contributed by atoms with Gasteiger partial charge in [-0.3, -0.25) is 14.6 Å². The molecule has 2 aliphatic heterocycles. The van der Waals surface area contributed by atoms with E-state index in [0.717, 1.165) is 16.3 Å². The smallest absolute Gasteiger partial charge is 0.242 e. The Morgan fingerprint density at radius 2 is 2.17 bits per heavy atom. The van der Waals surface area contributed by atoms with Gasteiger partial charge in [-0.15, -0.1) is 11.8 Å². The molecule has 1 saturated heterocycles. The van der Waals surface area contributed by atoms with Crippen molar-refractivity contribution in [2.45, 2.75) is 17.9 Å². The first kappa shape index (κ1) is 19.7. The van der Waals surface area contributed by atoms with Gasteiger partial charge in [-0.2, -0.15) is 0 Å². The minimum absolute atomic E-state index is 0.0398. The largest absolute Gasteiger partial charge is 0.489 e. The third-order valence-corrected chi connectivity index (χ3v) is 5.96. The van der Waals surface area contributed by atoms with E-state index in [2.05, 4.69) is 4.98 Å². The van der Waals surface area contributed by atoms with Crippen LogP contribution in [-0.2, 0) is 14.3 Å². The van der Waals surface area contributed by atoms with Crippen LogP contribution >= 0.6 is 11.8 Å². The Morgan fingerprint density at radius 1 is 1.31 bits per heavy atom. The summed E-state index contributed by atoms with van der Waals surface area (Å²) in [5.74, 6) is 0.914. The van der Waals surface area contributed by atoms with Gasteiger partial charge in [0.2, 0.25) is 11.8 Å². The fourth-order valence-corrected chi connectivity index (χ4v) is 4.27. The standard InChI is InChI=1S/C21H23N3O4S/c1-15-6-7-16(10-22-15)28-13-17-11-23(8-9-27-17)20(25)12-24-18-4-2-3-5-19(18)29-14-21(24)26/h2-7,10,17H,8-9,11-14H2,1H3. The number of ether oxygens (including phenoxy) is 2. The van der Waals surface area contributed by atoms with Gasteiger partial charge in [-0.05, 0) is 31.2 Å². The molecule has 0 spiro atoms. The van der Waals surface area contributed by atoms with Crippen LogP contribution in [0.15, 0.2) is 47.5 Å². The summed E-state index contributed by atoms with van der Waals surface area (Å²) in [5.41, 5.74) is 1.73. The van der Waals surface area contributed by atoms with Crippen molar-refractivity contribution in [1.82, 2.24) is 9.88 Å². The Bertz CT molecular complexity index is 890. The minimum atomic E-state index is -0.214. The molecule has 1 fully saturated rings. The van der Waals surface area contributed by atoms with E-state index >= 15 is 0 Å². The molecule has 1 aromatic heterocycles. The highest BCUT2D eigenvalue weighted by Gasteiger charge is 2.30. The number of carbonyl (C=O) groups is 2. The van der Waals surface area contributed by atoms with Gasteiger partial charge < -0.3 is 19.3 Å². The molecule has 0 radical (unpaired) electrons. The first-order chi connectivity index (χ1) is 14.1. The van der Waals surface area contributed by atoms with Crippen molar-refractivity contribution >= 4 is 29.3 Å². The van der Waals surface area contributed by atoms with E-state index in [1.165, 1.54) is 11.8 Å². The minimum Gasteiger partial charge on any atom is -0.489 e. The average Bonchev–Trinajstić information content (AvgIpc) is 2.75.